The molecule has 2 aromatic rings. The summed E-state index contributed by atoms with van der Waals surface area (Å²) in [6.07, 6.45) is 4.55. The minimum atomic E-state index is 0.280. The number of halogens is 1. The summed E-state index contributed by atoms with van der Waals surface area (Å²) in [7, 11) is 0. The van der Waals surface area contributed by atoms with Crippen LogP contribution < -0.4 is 4.90 Å². The lowest BCUT2D eigenvalue weighted by molar-refractivity contribution is 0.112. The van der Waals surface area contributed by atoms with Gasteiger partial charge in [-0.3, -0.25) is 9.20 Å². The summed E-state index contributed by atoms with van der Waals surface area (Å²) in [5.41, 5.74) is 1.38. The van der Waals surface area contributed by atoms with Crippen molar-refractivity contribution in [3.8, 4) is 6.07 Å². The summed E-state index contributed by atoms with van der Waals surface area (Å²) in [6.45, 7) is 1.80. The Balaban J connectivity index is 2.34. The number of hydrogen-bond acceptors (Lipinski definition) is 4. The average molecular weight is 275 g/mol. The van der Waals surface area contributed by atoms with E-state index in [-0.39, 0.29) is 5.69 Å². The number of rotatable bonds is 2. The van der Waals surface area contributed by atoms with Crippen LogP contribution in [0.15, 0.2) is 12.4 Å². The molecule has 0 aromatic carbocycles. The van der Waals surface area contributed by atoms with E-state index in [1.165, 1.54) is 0 Å². The highest BCUT2D eigenvalue weighted by Gasteiger charge is 2.22. The van der Waals surface area contributed by atoms with Crippen LogP contribution in [0.1, 0.15) is 28.9 Å². The molecule has 19 heavy (non-hydrogen) atoms. The molecule has 1 fully saturated rings. The summed E-state index contributed by atoms with van der Waals surface area (Å²) >= 11 is 6.16. The largest absolute Gasteiger partial charge is 0.357 e. The number of hydrogen-bond donors (Lipinski definition) is 0. The van der Waals surface area contributed by atoms with Crippen molar-refractivity contribution in [2.75, 3.05) is 18.0 Å². The van der Waals surface area contributed by atoms with Gasteiger partial charge in [-0.25, -0.2) is 4.98 Å². The Hall–Kier alpha value is -2.06. The Morgan fingerprint density at radius 2 is 2.16 bits per heavy atom. The molecular formula is C13H11ClN4O. The molecule has 3 heterocycles. The lowest BCUT2D eigenvalue weighted by atomic mass is 10.2. The fraction of sp³-hybridized carbons (Fsp3) is 0.308. The first-order valence-electron chi connectivity index (χ1n) is 6.06. The summed E-state index contributed by atoms with van der Waals surface area (Å²) < 4.78 is 1.75. The molecule has 0 saturated carbocycles. The van der Waals surface area contributed by atoms with E-state index >= 15 is 0 Å². The molecule has 5 nitrogen and oxygen atoms in total. The zero-order valence-corrected chi connectivity index (χ0v) is 10.9. The topological polar surface area (TPSA) is 61.4 Å². The predicted octanol–water partition coefficient (Wildman–Crippen LogP) is 2.27. The number of aromatic nitrogens is 2. The predicted molar refractivity (Wildman–Crippen MR) is 71.8 cm³/mol. The third-order valence-electron chi connectivity index (χ3n) is 3.40. The van der Waals surface area contributed by atoms with Crippen LogP contribution in [0.25, 0.3) is 5.52 Å². The molecule has 0 bridgehead atoms. The van der Waals surface area contributed by atoms with Gasteiger partial charge in [-0.1, -0.05) is 11.6 Å². The van der Waals surface area contributed by atoms with Gasteiger partial charge in [0, 0.05) is 13.1 Å². The summed E-state index contributed by atoms with van der Waals surface area (Å²) in [6, 6.07) is 3.63. The molecule has 0 N–H and O–H groups in total. The van der Waals surface area contributed by atoms with Crippen molar-refractivity contribution >= 4 is 29.2 Å². The van der Waals surface area contributed by atoms with Gasteiger partial charge in [-0.2, -0.15) is 5.26 Å². The van der Waals surface area contributed by atoms with E-state index in [9.17, 15) is 4.79 Å². The van der Waals surface area contributed by atoms with Crippen molar-refractivity contribution in [2.24, 2.45) is 0 Å². The van der Waals surface area contributed by atoms with Gasteiger partial charge in [0.2, 0.25) is 0 Å². The minimum absolute atomic E-state index is 0.280. The Labute approximate surface area is 115 Å². The SMILES string of the molecule is N#Cc1ncn2c(N3CCCC3)c(C=O)cc(Cl)c12. The second-order valence-electron chi connectivity index (χ2n) is 4.51. The number of carbonyl (C=O) groups excluding carboxylic acids is 1. The fourth-order valence-electron chi connectivity index (χ4n) is 2.58. The fourth-order valence-corrected chi connectivity index (χ4v) is 2.88. The van der Waals surface area contributed by atoms with Gasteiger partial charge in [-0.15, -0.1) is 0 Å². The smallest absolute Gasteiger partial charge is 0.167 e. The second-order valence-corrected chi connectivity index (χ2v) is 4.91. The molecule has 96 valence electrons. The molecule has 0 radical (unpaired) electrons. The average Bonchev–Trinajstić information content (AvgIpc) is 3.07. The van der Waals surface area contributed by atoms with Crippen molar-refractivity contribution in [3.05, 3.63) is 28.7 Å². The van der Waals surface area contributed by atoms with Gasteiger partial charge in [-0.05, 0) is 18.9 Å². The highest BCUT2D eigenvalue weighted by atomic mass is 35.5. The molecule has 3 rings (SSSR count). The van der Waals surface area contributed by atoms with E-state index in [0.717, 1.165) is 38.0 Å². The molecule has 0 amide bonds. The van der Waals surface area contributed by atoms with Crippen LogP contribution in [0.5, 0.6) is 0 Å². The summed E-state index contributed by atoms with van der Waals surface area (Å²) in [5, 5.41) is 9.44. The number of nitrogens with zero attached hydrogens (tertiary/aromatic N) is 4. The number of fused-ring (bicyclic) bond motifs is 1. The number of aldehydes is 1. The second kappa shape index (κ2) is 4.56. The molecule has 1 aliphatic heterocycles. The first kappa shape index (κ1) is 12.0. The molecule has 2 aromatic heterocycles. The van der Waals surface area contributed by atoms with E-state index in [1.807, 2.05) is 6.07 Å². The van der Waals surface area contributed by atoms with E-state index in [4.69, 9.17) is 16.9 Å². The van der Waals surface area contributed by atoms with Gasteiger partial charge >= 0.3 is 0 Å². The highest BCUT2D eigenvalue weighted by molar-refractivity contribution is 6.34. The Bertz CT molecular complexity index is 695. The van der Waals surface area contributed by atoms with Crippen LogP contribution in [0.3, 0.4) is 0 Å². The quantitative estimate of drug-likeness (QED) is 0.788. The van der Waals surface area contributed by atoms with E-state index in [0.29, 0.717) is 16.1 Å². The molecule has 0 unspecified atom stereocenters. The number of anilines is 1. The van der Waals surface area contributed by atoms with E-state index in [2.05, 4.69) is 9.88 Å². The van der Waals surface area contributed by atoms with Crippen molar-refractivity contribution in [1.29, 1.82) is 5.26 Å². The maximum atomic E-state index is 11.3. The summed E-state index contributed by atoms with van der Waals surface area (Å²) in [4.78, 5) is 17.5. The number of carbonyl (C=O) groups is 1. The lowest BCUT2D eigenvalue weighted by Crippen LogP contribution is -2.22. The Morgan fingerprint density at radius 3 is 2.79 bits per heavy atom. The molecule has 0 aliphatic carbocycles. The molecule has 0 atom stereocenters. The molecule has 6 heteroatoms. The maximum Gasteiger partial charge on any atom is 0.167 e. The van der Waals surface area contributed by atoms with E-state index < -0.39 is 0 Å². The molecule has 0 spiro atoms. The first-order chi connectivity index (χ1) is 9.26. The zero-order valence-electron chi connectivity index (χ0n) is 10.1. The third-order valence-corrected chi connectivity index (χ3v) is 3.69. The number of pyridine rings is 1. The number of nitriles is 1. The van der Waals surface area contributed by atoms with Crippen molar-refractivity contribution < 1.29 is 4.79 Å². The van der Waals surface area contributed by atoms with Crippen LogP contribution in [0.2, 0.25) is 5.02 Å². The normalized spacial score (nSPS) is 14.8. The first-order valence-corrected chi connectivity index (χ1v) is 6.44. The van der Waals surface area contributed by atoms with Crippen LogP contribution >= 0.6 is 11.6 Å². The molecular weight excluding hydrogens is 264 g/mol. The third kappa shape index (κ3) is 1.76. The Kier molecular flexibility index (Phi) is 2.88. The number of imidazole rings is 1. The zero-order chi connectivity index (χ0) is 13.4. The van der Waals surface area contributed by atoms with Crippen molar-refractivity contribution in [1.82, 2.24) is 9.38 Å². The van der Waals surface area contributed by atoms with Gasteiger partial charge in [0.25, 0.3) is 0 Å². The highest BCUT2D eigenvalue weighted by Crippen LogP contribution is 2.31. The molecule has 1 saturated heterocycles. The van der Waals surface area contributed by atoms with Crippen LogP contribution in [-0.4, -0.2) is 28.8 Å². The van der Waals surface area contributed by atoms with Crippen molar-refractivity contribution in [2.45, 2.75) is 12.8 Å². The van der Waals surface area contributed by atoms with Crippen LogP contribution in [0.4, 0.5) is 5.82 Å². The summed E-state index contributed by atoms with van der Waals surface area (Å²) in [5.74, 6) is 0.779. The van der Waals surface area contributed by atoms with E-state index in [1.54, 1.807) is 16.8 Å². The molecule has 1 aliphatic rings. The van der Waals surface area contributed by atoms with Gasteiger partial charge in [0.05, 0.1) is 10.6 Å². The van der Waals surface area contributed by atoms with Gasteiger partial charge in [0.15, 0.2) is 12.0 Å². The standard InChI is InChI=1S/C13H11ClN4O/c14-10-5-9(7-19)13(17-3-1-2-4-17)18-8-16-11(6-15)12(10)18/h5,7-8H,1-4H2. The minimum Gasteiger partial charge on any atom is -0.357 e. The van der Waals surface area contributed by atoms with Crippen LogP contribution in [-0.2, 0) is 0 Å². The monoisotopic (exact) mass is 274 g/mol. The van der Waals surface area contributed by atoms with Gasteiger partial charge in [0.1, 0.15) is 23.7 Å². The van der Waals surface area contributed by atoms with Crippen molar-refractivity contribution in [3.63, 3.8) is 0 Å². The van der Waals surface area contributed by atoms with Gasteiger partial charge < -0.3 is 4.90 Å². The maximum absolute atomic E-state index is 11.3. The Morgan fingerprint density at radius 1 is 1.42 bits per heavy atom. The van der Waals surface area contributed by atoms with Crippen LogP contribution in [0, 0.1) is 11.3 Å². The lowest BCUT2D eigenvalue weighted by Gasteiger charge is -2.21.